The molecule has 1 aromatic carbocycles. The van der Waals surface area contributed by atoms with Gasteiger partial charge >= 0.3 is 6.18 Å². The maximum absolute atomic E-state index is 13.0. The lowest BCUT2D eigenvalue weighted by atomic mass is 9.85. The van der Waals surface area contributed by atoms with Crippen molar-refractivity contribution in [3.63, 3.8) is 0 Å². The molecule has 40 heavy (non-hydrogen) atoms. The molecule has 3 heterocycles. The number of fused-ring (bicyclic) bond motifs is 1. The van der Waals surface area contributed by atoms with E-state index in [2.05, 4.69) is 27.9 Å². The summed E-state index contributed by atoms with van der Waals surface area (Å²) in [5.41, 5.74) is -0.377. The molecule has 0 radical (unpaired) electrons. The smallest absolute Gasteiger partial charge is 0.433 e. The van der Waals surface area contributed by atoms with E-state index >= 15 is 0 Å². The van der Waals surface area contributed by atoms with Gasteiger partial charge in [-0.25, -0.2) is 4.98 Å². The first-order chi connectivity index (χ1) is 19.2. The van der Waals surface area contributed by atoms with Gasteiger partial charge in [-0.1, -0.05) is 6.07 Å². The Morgan fingerprint density at radius 1 is 1.15 bits per heavy atom. The molecule has 216 valence electrons. The summed E-state index contributed by atoms with van der Waals surface area (Å²) in [6, 6.07) is 7.55. The number of hydrogen-bond donors (Lipinski definition) is 3. The number of nitrogens with zero attached hydrogens (tertiary/aromatic N) is 3. The molecule has 1 unspecified atom stereocenters. The van der Waals surface area contributed by atoms with Crippen LogP contribution in [-0.2, 0) is 6.18 Å². The highest BCUT2D eigenvalue weighted by Gasteiger charge is 2.33. The van der Waals surface area contributed by atoms with Crippen LogP contribution in [0.2, 0.25) is 0 Å². The van der Waals surface area contributed by atoms with Crippen molar-refractivity contribution in [2.45, 2.75) is 63.7 Å². The standard InChI is InChI=1S/C29H37F3N6O2/c1-18(20-10-12-33-13-11-20)34-16-19-6-8-22(9-7-19)38-17-21-14-25(26(40-2)15-24(21)37-38)36-28(39)23-4-3-5-27(35-23)29(30,31)32/h3-5,14-15,17-20,22,33-34H,6-13,16H2,1-2H3,(H,36,39). The minimum atomic E-state index is -4.64. The summed E-state index contributed by atoms with van der Waals surface area (Å²) in [6.45, 7) is 5.61. The van der Waals surface area contributed by atoms with Crippen molar-refractivity contribution in [1.82, 2.24) is 25.4 Å². The topological polar surface area (TPSA) is 93.1 Å². The van der Waals surface area contributed by atoms with E-state index in [1.165, 1.54) is 26.0 Å². The Bertz CT molecular complexity index is 1310. The number of halogens is 3. The third-order valence-electron chi connectivity index (χ3n) is 8.37. The highest BCUT2D eigenvalue weighted by atomic mass is 19.4. The van der Waals surface area contributed by atoms with Gasteiger partial charge in [0.15, 0.2) is 0 Å². The zero-order valence-electron chi connectivity index (χ0n) is 22.9. The van der Waals surface area contributed by atoms with Crippen LogP contribution in [0.3, 0.4) is 0 Å². The lowest BCUT2D eigenvalue weighted by molar-refractivity contribution is -0.141. The predicted octanol–water partition coefficient (Wildman–Crippen LogP) is 5.42. The number of piperidine rings is 1. The Labute approximate surface area is 232 Å². The summed E-state index contributed by atoms with van der Waals surface area (Å²) < 4.78 is 46.6. The minimum Gasteiger partial charge on any atom is -0.494 e. The van der Waals surface area contributed by atoms with E-state index in [-0.39, 0.29) is 5.69 Å². The molecule has 0 spiro atoms. The lowest BCUT2D eigenvalue weighted by Crippen LogP contribution is -2.42. The number of carbonyl (C=O) groups excluding carboxylic acids is 1. The average molecular weight is 559 g/mol. The second kappa shape index (κ2) is 12.1. The molecule has 1 atom stereocenters. The number of hydrogen-bond acceptors (Lipinski definition) is 6. The largest absolute Gasteiger partial charge is 0.494 e. The summed E-state index contributed by atoms with van der Waals surface area (Å²) in [5.74, 6) is 1.03. The summed E-state index contributed by atoms with van der Waals surface area (Å²) in [4.78, 5) is 16.2. The molecule has 2 fully saturated rings. The fourth-order valence-corrected chi connectivity index (χ4v) is 5.91. The van der Waals surface area contributed by atoms with Crippen LogP contribution in [0.4, 0.5) is 18.9 Å². The number of amides is 1. The first-order valence-electron chi connectivity index (χ1n) is 14.1. The minimum absolute atomic E-state index is 0.295. The number of aromatic nitrogens is 3. The number of pyridine rings is 1. The Balaban J connectivity index is 1.21. The summed E-state index contributed by atoms with van der Waals surface area (Å²) in [6.07, 6.45) is 4.19. The van der Waals surface area contributed by atoms with Gasteiger partial charge in [0.25, 0.3) is 5.91 Å². The number of benzene rings is 1. The third kappa shape index (κ3) is 6.58. The zero-order chi connectivity index (χ0) is 28.3. The fourth-order valence-electron chi connectivity index (χ4n) is 5.91. The van der Waals surface area contributed by atoms with Crippen molar-refractivity contribution in [2.75, 3.05) is 32.1 Å². The molecular weight excluding hydrogens is 521 g/mol. The fraction of sp³-hybridized carbons (Fsp3) is 0.552. The molecule has 8 nitrogen and oxygen atoms in total. The zero-order valence-corrected chi connectivity index (χ0v) is 22.9. The van der Waals surface area contributed by atoms with Gasteiger partial charge in [0.2, 0.25) is 0 Å². The normalized spacial score (nSPS) is 21.3. The molecule has 3 aromatic rings. The first kappa shape index (κ1) is 28.4. The predicted molar refractivity (Wildman–Crippen MR) is 148 cm³/mol. The van der Waals surface area contributed by atoms with Crippen LogP contribution in [0.5, 0.6) is 5.75 Å². The monoisotopic (exact) mass is 558 g/mol. The van der Waals surface area contributed by atoms with E-state index in [4.69, 9.17) is 9.84 Å². The molecule has 3 N–H and O–H groups in total. The summed E-state index contributed by atoms with van der Waals surface area (Å²) in [7, 11) is 1.47. The van der Waals surface area contributed by atoms with Gasteiger partial charge in [-0.2, -0.15) is 18.3 Å². The van der Waals surface area contributed by atoms with Crippen molar-refractivity contribution < 1.29 is 22.7 Å². The van der Waals surface area contributed by atoms with Crippen molar-refractivity contribution in [3.05, 3.63) is 47.9 Å². The Kier molecular flexibility index (Phi) is 8.60. The Morgan fingerprint density at radius 3 is 2.60 bits per heavy atom. The quantitative estimate of drug-likeness (QED) is 0.342. The van der Waals surface area contributed by atoms with Gasteiger partial charge in [0, 0.05) is 23.7 Å². The number of ether oxygens (including phenoxy) is 1. The van der Waals surface area contributed by atoms with Crippen LogP contribution in [0.1, 0.15) is 67.7 Å². The summed E-state index contributed by atoms with van der Waals surface area (Å²) >= 11 is 0. The van der Waals surface area contributed by atoms with Gasteiger partial charge in [-0.3, -0.25) is 9.48 Å². The van der Waals surface area contributed by atoms with Crippen molar-refractivity contribution in [2.24, 2.45) is 11.8 Å². The van der Waals surface area contributed by atoms with Crippen LogP contribution in [0.15, 0.2) is 36.5 Å². The number of rotatable bonds is 8. The van der Waals surface area contributed by atoms with Gasteiger partial charge in [0.1, 0.15) is 17.1 Å². The third-order valence-corrected chi connectivity index (χ3v) is 8.37. The van der Waals surface area contributed by atoms with E-state index < -0.39 is 17.8 Å². The second-order valence-electron chi connectivity index (χ2n) is 11.0. The maximum atomic E-state index is 13.0. The number of carbonyl (C=O) groups is 1. The van der Waals surface area contributed by atoms with E-state index in [1.807, 2.05) is 10.9 Å². The van der Waals surface area contributed by atoms with Gasteiger partial charge in [-0.15, -0.1) is 0 Å². The molecule has 1 aliphatic heterocycles. The molecular formula is C29H37F3N6O2. The highest BCUT2D eigenvalue weighted by Crippen LogP contribution is 2.35. The van der Waals surface area contributed by atoms with Crippen LogP contribution < -0.4 is 20.7 Å². The molecule has 1 saturated heterocycles. The maximum Gasteiger partial charge on any atom is 0.433 e. The number of methoxy groups -OCH3 is 1. The lowest BCUT2D eigenvalue weighted by Gasteiger charge is -2.32. The van der Waals surface area contributed by atoms with E-state index in [0.717, 1.165) is 74.3 Å². The van der Waals surface area contributed by atoms with Crippen molar-refractivity contribution in [1.29, 1.82) is 0 Å². The average Bonchev–Trinajstić information content (AvgIpc) is 3.38. The van der Waals surface area contributed by atoms with Gasteiger partial charge in [-0.05, 0) is 95.1 Å². The van der Waals surface area contributed by atoms with Crippen molar-refractivity contribution >= 4 is 22.5 Å². The van der Waals surface area contributed by atoms with Crippen LogP contribution >= 0.6 is 0 Å². The Morgan fingerprint density at radius 2 is 1.90 bits per heavy atom. The molecule has 11 heteroatoms. The molecule has 1 aliphatic carbocycles. The van der Waals surface area contributed by atoms with Crippen LogP contribution in [0.25, 0.3) is 10.9 Å². The van der Waals surface area contributed by atoms with E-state index in [1.54, 1.807) is 12.1 Å². The second-order valence-corrected chi connectivity index (χ2v) is 11.0. The van der Waals surface area contributed by atoms with E-state index in [9.17, 15) is 18.0 Å². The molecule has 5 rings (SSSR count). The summed E-state index contributed by atoms with van der Waals surface area (Å²) in [5, 5.41) is 15.5. The Hall–Kier alpha value is -3.18. The SMILES string of the molecule is COc1cc2nn(C3CCC(CNC(C)C4CCNCC4)CC3)cc2cc1NC(=O)c1cccc(C(F)(F)F)n1. The highest BCUT2D eigenvalue weighted by molar-refractivity contribution is 6.05. The van der Waals surface area contributed by atoms with Crippen LogP contribution in [-0.4, -0.2) is 53.5 Å². The van der Waals surface area contributed by atoms with Gasteiger partial charge in [0.05, 0.1) is 24.4 Å². The molecule has 2 aliphatic rings. The van der Waals surface area contributed by atoms with Crippen LogP contribution in [0, 0.1) is 11.8 Å². The number of nitrogens with one attached hydrogen (secondary N) is 3. The van der Waals surface area contributed by atoms with Crippen molar-refractivity contribution in [3.8, 4) is 5.75 Å². The molecule has 1 amide bonds. The molecule has 0 bridgehead atoms. The van der Waals surface area contributed by atoms with E-state index in [0.29, 0.717) is 29.4 Å². The number of alkyl halides is 3. The first-order valence-corrected chi connectivity index (χ1v) is 14.1. The number of anilines is 1. The van der Waals surface area contributed by atoms with Gasteiger partial charge < -0.3 is 20.7 Å². The molecule has 1 saturated carbocycles. The molecule has 2 aromatic heterocycles.